The number of rotatable bonds is 3. The number of amides is 2. The van der Waals surface area contributed by atoms with Crippen LogP contribution in [0.3, 0.4) is 0 Å². The lowest BCUT2D eigenvalue weighted by atomic mass is 10.0. The summed E-state index contributed by atoms with van der Waals surface area (Å²) in [6, 6.07) is 8.61. The Hall–Kier alpha value is -1.68. The van der Waals surface area contributed by atoms with Crippen molar-refractivity contribution in [2.45, 2.75) is 25.3 Å². The number of imide groups is 1. The first-order valence-corrected chi connectivity index (χ1v) is 5.74. The second kappa shape index (κ2) is 5.10. The molecule has 1 heterocycles. The van der Waals surface area contributed by atoms with Crippen LogP contribution < -0.4 is 0 Å². The SMILES string of the molecule is O=C1CCCC(=O)N1[C@H](CO)c1ccccc1. The number of hydrogen-bond donors (Lipinski definition) is 1. The van der Waals surface area contributed by atoms with Gasteiger partial charge in [-0.3, -0.25) is 14.5 Å². The van der Waals surface area contributed by atoms with E-state index < -0.39 is 6.04 Å². The Morgan fingerprint density at radius 3 is 2.24 bits per heavy atom. The van der Waals surface area contributed by atoms with Gasteiger partial charge in [0.2, 0.25) is 11.8 Å². The molecule has 2 rings (SSSR count). The van der Waals surface area contributed by atoms with Gasteiger partial charge in [-0.15, -0.1) is 0 Å². The Morgan fingerprint density at radius 1 is 1.12 bits per heavy atom. The predicted octanol–water partition coefficient (Wildman–Crippen LogP) is 1.26. The van der Waals surface area contributed by atoms with Crippen LogP contribution in [-0.2, 0) is 9.59 Å². The lowest BCUT2D eigenvalue weighted by Crippen LogP contribution is -2.43. The van der Waals surface area contributed by atoms with Crippen molar-refractivity contribution < 1.29 is 14.7 Å². The van der Waals surface area contributed by atoms with Crippen LogP contribution in [0.15, 0.2) is 30.3 Å². The largest absolute Gasteiger partial charge is 0.394 e. The van der Waals surface area contributed by atoms with Gasteiger partial charge >= 0.3 is 0 Å². The molecular formula is C13H15NO3. The van der Waals surface area contributed by atoms with Crippen LogP contribution in [0.25, 0.3) is 0 Å². The molecule has 1 aliphatic rings. The maximum Gasteiger partial charge on any atom is 0.229 e. The summed E-state index contributed by atoms with van der Waals surface area (Å²) in [6.45, 7) is -0.235. The maximum atomic E-state index is 11.8. The fourth-order valence-electron chi connectivity index (χ4n) is 2.13. The number of piperidine rings is 1. The molecule has 2 amide bonds. The van der Waals surface area contributed by atoms with Crippen molar-refractivity contribution in [3.05, 3.63) is 35.9 Å². The van der Waals surface area contributed by atoms with E-state index in [0.717, 1.165) is 5.56 Å². The van der Waals surface area contributed by atoms with E-state index in [1.807, 2.05) is 30.3 Å². The first-order chi connectivity index (χ1) is 8.24. The normalized spacial score (nSPS) is 18.3. The van der Waals surface area contributed by atoms with Gasteiger partial charge in [-0.05, 0) is 12.0 Å². The molecular weight excluding hydrogens is 218 g/mol. The summed E-state index contributed by atoms with van der Waals surface area (Å²) in [4.78, 5) is 24.8. The molecule has 1 N–H and O–H groups in total. The van der Waals surface area contributed by atoms with E-state index >= 15 is 0 Å². The zero-order valence-electron chi connectivity index (χ0n) is 9.50. The number of carbonyl (C=O) groups excluding carboxylic acids is 2. The van der Waals surface area contributed by atoms with E-state index in [9.17, 15) is 14.7 Å². The van der Waals surface area contributed by atoms with Crippen LogP contribution in [-0.4, -0.2) is 28.4 Å². The summed E-state index contributed by atoms with van der Waals surface area (Å²) < 4.78 is 0. The summed E-state index contributed by atoms with van der Waals surface area (Å²) in [5.74, 6) is -0.381. The van der Waals surface area contributed by atoms with Crippen molar-refractivity contribution in [2.24, 2.45) is 0 Å². The summed E-state index contributed by atoms with van der Waals surface area (Å²) in [5.41, 5.74) is 0.790. The smallest absolute Gasteiger partial charge is 0.229 e. The van der Waals surface area contributed by atoms with Crippen molar-refractivity contribution in [1.82, 2.24) is 4.90 Å². The molecule has 1 atom stereocenters. The first-order valence-electron chi connectivity index (χ1n) is 5.74. The maximum absolute atomic E-state index is 11.8. The zero-order valence-corrected chi connectivity index (χ0v) is 9.50. The highest BCUT2D eigenvalue weighted by Crippen LogP contribution is 2.25. The molecule has 17 heavy (non-hydrogen) atoms. The highest BCUT2D eigenvalue weighted by atomic mass is 16.3. The van der Waals surface area contributed by atoms with Crippen LogP contribution in [0.2, 0.25) is 0 Å². The standard InChI is InChI=1S/C13H15NO3/c15-9-11(10-5-2-1-3-6-10)14-12(16)7-4-8-13(14)17/h1-3,5-6,11,15H,4,7-9H2/t11-/m1/s1. The molecule has 1 fully saturated rings. The topological polar surface area (TPSA) is 57.6 Å². The Balaban J connectivity index is 2.29. The Bertz CT molecular complexity index is 400. The van der Waals surface area contributed by atoms with Crippen molar-refractivity contribution in [2.75, 3.05) is 6.61 Å². The van der Waals surface area contributed by atoms with Crippen molar-refractivity contribution >= 4 is 11.8 Å². The average Bonchev–Trinajstić information content (AvgIpc) is 2.35. The van der Waals surface area contributed by atoms with Gasteiger partial charge in [0.1, 0.15) is 0 Å². The third-order valence-corrected chi connectivity index (χ3v) is 2.99. The van der Waals surface area contributed by atoms with Gasteiger partial charge in [-0.1, -0.05) is 30.3 Å². The summed E-state index contributed by atoms with van der Waals surface area (Å²) in [7, 11) is 0. The van der Waals surface area contributed by atoms with Gasteiger partial charge in [0, 0.05) is 12.8 Å². The monoisotopic (exact) mass is 233 g/mol. The zero-order chi connectivity index (χ0) is 12.3. The summed E-state index contributed by atoms with van der Waals surface area (Å²) in [5, 5.41) is 9.42. The average molecular weight is 233 g/mol. The number of aliphatic hydroxyl groups excluding tert-OH is 1. The van der Waals surface area contributed by atoms with Crippen LogP contribution in [0.1, 0.15) is 30.9 Å². The van der Waals surface area contributed by atoms with Gasteiger partial charge in [-0.25, -0.2) is 0 Å². The third-order valence-electron chi connectivity index (χ3n) is 2.99. The highest BCUT2D eigenvalue weighted by Gasteiger charge is 2.32. The quantitative estimate of drug-likeness (QED) is 0.799. The summed E-state index contributed by atoms with van der Waals surface area (Å²) in [6.07, 6.45) is 1.38. The number of aliphatic hydroxyl groups is 1. The Labute approximate surface area is 99.9 Å². The minimum atomic E-state index is -0.545. The minimum absolute atomic E-state index is 0.191. The third kappa shape index (κ3) is 2.36. The lowest BCUT2D eigenvalue weighted by Gasteiger charge is -2.32. The van der Waals surface area contributed by atoms with Crippen LogP contribution in [0, 0.1) is 0 Å². The molecule has 0 spiro atoms. The molecule has 1 saturated heterocycles. The Kier molecular flexibility index (Phi) is 3.54. The molecule has 0 saturated carbocycles. The molecule has 0 aromatic heterocycles. The number of carbonyl (C=O) groups is 2. The molecule has 1 aromatic rings. The molecule has 0 bridgehead atoms. The van der Waals surface area contributed by atoms with Crippen molar-refractivity contribution in [3.8, 4) is 0 Å². The summed E-state index contributed by atoms with van der Waals surface area (Å²) >= 11 is 0. The lowest BCUT2D eigenvalue weighted by molar-refractivity contribution is -0.152. The molecule has 1 aromatic carbocycles. The van der Waals surface area contributed by atoms with Crippen LogP contribution in [0.4, 0.5) is 0 Å². The van der Waals surface area contributed by atoms with E-state index in [1.54, 1.807) is 0 Å². The highest BCUT2D eigenvalue weighted by molar-refractivity contribution is 5.98. The van der Waals surface area contributed by atoms with E-state index in [2.05, 4.69) is 0 Å². The number of likely N-dealkylation sites (tertiary alicyclic amines) is 1. The van der Waals surface area contributed by atoms with Gasteiger partial charge in [0.05, 0.1) is 12.6 Å². The first kappa shape index (κ1) is 11.8. The predicted molar refractivity (Wildman–Crippen MR) is 62.0 cm³/mol. The van der Waals surface area contributed by atoms with Gasteiger partial charge < -0.3 is 5.11 Å². The van der Waals surface area contributed by atoms with Gasteiger partial charge in [0.15, 0.2) is 0 Å². The second-order valence-corrected chi connectivity index (χ2v) is 4.12. The molecule has 0 aliphatic carbocycles. The second-order valence-electron chi connectivity index (χ2n) is 4.12. The van der Waals surface area contributed by atoms with E-state index in [1.165, 1.54) is 4.90 Å². The minimum Gasteiger partial charge on any atom is -0.394 e. The molecule has 0 unspecified atom stereocenters. The Morgan fingerprint density at radius 2 is 1.71 bits per heavy atom. The number of benzene rings is 1. The fourth-order valence-corrected chi connectivity index (χ4v) is 2.13. The molecule has 4 nitrogen and oxygen atoms in total. The van der Waals surface area contributed by atoms with Crippen LogP contribution in [0.5, 0.6) is 0 Å². The number of nitrogens with zero attached hydrogens (tertiary/aromatic N) is 1. The number of hydrogen-bond acceptors (Lipinski definition) is 3. The van der Waals surface area contributed by atoms with E-state index in [4.69, 9.17) is 0 Å². The van der Waals surface area contributed by atoms with Crippen molar-refractivity contribution in [3.63, 3.8) is 0 Å². The molecule has 4 heteroatoms. The van der Waals surface area contributed by atoms with Gasteiger partial charge in [0.25, 0.3) is 0 Å². The van der Waals surface area contributed by atoms with Crippen LogP contribution >= 0.6 is 0 Å². The molecule has 0 radical (unpaired) electrons. The van der Waals surface area contributed by atoms with E-state index in [-0.39, 0.29) is 18.4 Å². The molecule has 1 aliphatic heterocycles. The van der Waals surface area contributed by atoms with Gasteiger partial charge in [-0.2, -0.15) is 0 Å². The van der Waals surface area contributed by atoms with E-state index in [0.29, 0.717) is 19.3 Å². The molecule has 90 valence electrons. The fraction of sp³-hybridized carbons (Fsp3) is 0.385. The van der Waals surface area contributed by atoms with Crippen molar-refractivity contribution in [1.29, 1.82) is 0 Å².